The Morgan fingerprint density at radius 2 is 2.29 bits per heavy atom. The number of benzene rings is 1. The van der Waals surface area contributed by atoms with E-state index in [1.165, 1.54) is 40.0 Å². The van der Waals surface area contributed by atoms with Gasteiger partial charge in [0.25, 0.3) is 0 Å². The highest BCUT2D eigenvalue weighted by atomic mass is 32.2. The summed E-state index contributed by atoms with van der Waals surface area (Å²) < 4.78 is 0. The molecule has 2 unspecified atom stereocenters. The van der Waals surface area contributed by atoms with E-state index in [1.54, 1.807) is 0 Å². The van der Waals surface area contributed by atoms with Crippen molar-refractivity contribution in [2.45, 2.75) is 24.6 Å². The van der Waals surface area contributed by atoms with Gasteiger partial charge in [0.15, 0.2) is 0 Å². The lowest BCUT2D eigenvalue weighted by Gasteiger charge is -2.31. The van der Waals surface area contributed by atoms with Crippen LogP contribution in [-0.4, -0.2) is 34.0 Å². The second-order valence-electron chi connectivity index (χ2n) is 5.36. The second kappa shape index (κ2) is 7.52. The summed E-state index contributed by atoms with van der Waals surface area (Å²) in [7, 11) is 0. The Morgan fingerprint density at radius 1 is 1.33 bits per heavy atom. The molecule has 21 heavy (non-hydrogen) atoms. The zero-order valence-corrected chi connectivity index (χ0v) is 14.1. The smallest absolute Gasteiger partial charge is 0.0454 e. The summed E-state index contributed by atoms with van der Waals surface area (Å²) in [6.07, 6.45) is 5.05. The SMILES string of the molecule is CCCNC(c1cccc2cnccc12)C1CSCCS1. The first-order chi connectivity index (χ1) is 10.4. The lowest BCUT2D eigenvalue weighted by Crippen LogP contribution is -2.34. The second-order valence-corrected chi connectivity index (χ2v) is 7.86. The third-order valence-corrected chi connectivity index (χ3v) is 6.74. The first-order valence-corrected chi connectivity index (χ1v) is 9.86. The van der Waals surface area contributed by atoms with Gasteiger partial charge in [0.2, 0.25) is 0 Å². The average molecular weight is 319 g/mol. The van der Waals surface area contributed by atoms with Crippen LogP contribution in [0.2, 0.25) is 0 Å². The number of rotatable bonds is 5. The predicted octanol–water partition coefficient (Wildman–Crippen LogP) is 4.12. The highest BCUT2D eigenvalue weighted by molar-refractivity contribution is 8.06. The largest absolute Gasteiger partial charge is 0.309 e. The van der Waals surface area contributed by atoms with Crippen LogP contribution in [0.5, 0.6) is 0 Å². The summed E-state index contributed by atoms with van der Waals surface area (Å²) in [4.78, 5) is 4.26. The Kier molecular flexibility index (Phi) is 5.44. The monoisotopic (exact) mass is 318 g/mol. The van der Waals surface area contributed by atoms with Crippen LogP contribution in [0.25, 0.3) is 10.8 Å². The molecule has 1 aliphatic rings. The summed E-state index contributed by atoms with van der Waals surface area (Å²) >= 11 is 4.22. The van der Waals surface area contributed by atoms with Gasteiger partial charge in [0.05, 0.1) is 0 Å². The molecule has 0 aliphatic carbocycles. The maximum absolute atomic E-state index is 4.26. The molecular weight excluding hydrogens is 296 g/mol. The van der Waals surface area contributed by atoms with E-state index < -0.39 is 0 Å². The van der Waals surface area contributed by atoms with Crippen LogP contribution in [0.4, 0.5) is 0 Å². The Labute approximate surface area is 135 Å². The van der Waals surface area contributed by atoms with Crippen LogP contribution >= 0.6 is 23.5 Å². The molecule has 0 bridgehead atoms. The molecule has 2 atom stereocenters. The first kappa shape index (κ1) is 15.2. The molecule has 4 heteroatoms. The lowest BCUT2D eigenvalue weighted by molar-refractivity contribution is 0.533. The van der Waals surface area contributed by atoms with Crippen LogP contribution in [0.15, 0.2) is 36.7 Å². The number of nitrogens with one attached hydrogen (secondary N) is 1. The minimum absolute atomic E-state index is 0.439. The van der Waals surface area contributed by atoms with Crippen molar-refractivity contribution < 1.29 is 0 Å². The van der Waals surface area contributed by atoms with E-state index in [4.69, 9.17) is 0 Å². The van der Waals surface area contributed by atoms with Crippen molar-refractivity contribution in [3.05, 3.63) is 42.2 Å². The highest BCUT2D eigenvalue weighted by Gasteiger charge is 2.26. The maximum Gasteiger partial charge on any atom is 0.0454 e. The van der Waals surface area contributed by atoms with Crippen molar-refractivity contribution in [3.8, 4) is 0 Å². The van der Waals surface area contributed by atoms with Gasteiger partial charge in [-0.05, 0) is 30.0 Å². The molecule has 2 heterocycles. The van der Waals surface area contributed by atoms with E-state index in [1.807, 2.05) is 12.4 Å². The molecule has 2 aromatic rings. The zero-order valence-electron chi connectivity index (χ0n) is 12.4. The molecule has 1 aromatic heterocycles. The van der Waals surface area contributed by atoms with Crippen molar-refractivity contribution in [2.75, 3.05) is 23.8 Å². The van der Waals surface area contributed by atoms with E-state index >= 15 is 0 Å². The third-order valence-electron chi connectivity index (χ3n) is 3.88. The molecule has 0 saturated carbocycles. The van der Waals surface area contributed by atoms with E-state index in [2.05, 4.69) is 65.0 Å². The van der Waals surface area contributed by atoms with Gasteiger partial charge in [-0.25, -0.2) is 0 Å². The average Bonchev–Trinajstić information content (AvgIpc) is 2.56. The van der Waals surface area contributed by atoms with Gasteiger partial charge < -0.3 is 5.32 Å². The van der Waals surface area contributed by atoms with Gasteiger partial charge in [-0.15, -0.1) is 0 Å². The molecule has 2 nitrogen and oxygen atoms in total. The molecule has 1 saturated heterocycles. The van der Waals surface area contributed by atoms with Gasteiger partial charge in [-0.2, -0.15) is 23.5 Å². The van der Waals surface area contributed by atoms with E-state index in [9.17, 15) is 0 Å². The maximum atomic E-state index is 4.26. The summed E-state index contributed by atoms with van der Waals surface area (Å²) in [5.41, 5.74) is 1.43. The fourth-order valence-corrected chi connectivity index (χ4v) is 5.72. The number of hydrogen-bond acceptors (Lipinski definition) is 4. The molecule has 1 aromatic carbocycles. The quantitative estimate of drug-likeness (QED) is 0.896. The molecule has 1 aliphatic heterocycles. The summed E-state index contributed by atoms with van der Waals surface area (Å²) in [5.74, 6) is 3.81. The third kappa shape index (κ3) is 3.55. The van der Waals surface area contributed by atoms with Crippen LogP contribution < -0.4 is 5.32 Å². The minimum Gasteiger partial charge on any atom is -0.309 e. The molecule has 3 rings (SSSR count). The Balaban J connectivity index is 1.96. The fourth-order valence-electron chi connectivity index (χ4n) is 2.86. The lowest BCUT2D eigenvalue weighted by atomic mass is 9.98. The molecule has 0 amide bonds. The van der Waals surface area contributed by atoms with Crippen LogP contribution in [0.1, 0.15) is 24.9 Å². The standard InChI is InChI=1S/C17H22N2S2/c1-2-7-19-17(16-12-20-9-10-21-16)15-5-3-4-13-11-18-8-6-14(13)15/h3-6,8,11,16-17,19H,2,7,9-10,12H2,1H3. The normalized spacial score (nSPS) is 20.5. The van der Waals surface area contributed by atoms with Crippen molar-refractivity contribution in [3.63, 3.8) is 0 Å². The van der Waals surface area contributed by atoms with Crippen LogP contribution in [0, 0.1) is 0 Å². The minimum atomic E-state index is 0.439. The Hall–Kier alpha value is -0.710. The van der Waals surface area contributed by atoms with Gasteiger partial charge in [0, 0.05) is 46.3 Å². The number of pyridine rings is 1. The van der Waals surface area contributed by atoms with E-state index in [0.29, 0.717) is 11.3 Å². The molecular formula is C17H22N2S2. The number of hydrogen-bond donors (Lipinski definition) is 1. The number of nitrogens with zero attached hydrogens (tertiary/aromatic N) is 1. The topological polar surface area (TPSA) is 24.9 Å². The molecule has 1 N–H and O–H groups in total. The zero-order chi connectivity index (χ0) is 14.5. The number of thioether (sulfide) groups is 2. The summed E-state index contributed by atoms with van der Waals surface area (Å²) in [5, 5.41) is 7.04. The van der Waals surface area contributed by atoms with Crippen LogP contribution in [0.3, 0.4) is 0 Å². The number of fused-ring (bicyclic) bond motifs is 1. The Bertz CT molecular complexity index is 577. The van der Waals surface area contributed by atoms with Crippen LogP contribution in [-0.2, 0) is 0 Å². The fraction of sp³-hybridized carbons (Fsp3) is 0.471. The summed E-state index contributed by atoms with van der Waals surface area (Å²) in [6.45, 7) is 3.31. The van der Waals surface area contributed by atoms with E-state index in [0.717, 1.165) is 6.54 Å². The highest BCUT2D eigenvalue weighted by Crippen LogP contribution is 2.36. The van der Waals surface area contributed by atoms with Crippen molar-refractivity contribution in [1.82, 2.24) is 10.3 Å². The van der Waals surface area contributed by atoms with Gasteiger partial charge in [-0.3, -0.25) is 4.98 Å². The number of aromatic nitrogens is 1. The van der Waals surface area contributed by atoms with Gasteiger partial charge >= 0.3 is 0 Å². The molecule has 1 fully saturated rings. The van der Waals surface area contributed by atoms with Crippen molar-refractivity contribution in [2.24, 2.45) is 0 Å². The van der Waals surface area contributed by atoms with E-state index in [-0.39, 0.29) is 0 Å². The first-order valence-electron chi connectivity index (χ1n) is 7.65. The Morgan fingerprint density at radius 3 is 3.10 bits per heavy atom. The molecule has 0 spiro atoms. The summed E-state index contributed by atoms with van der Waals surface area (Å²) in [6, 6.07) is 9.21. The van der Waals surface area contributed by atoms with Crippen molar-refractivity contribution in [1.29, 1.82) is 0 Å². The van der Waals surface area contributed by atoms with Crippen molar-refractivity contribution >= 4 is 34.3 Å². The van der Waals surface area contributed by atoms with Gasteiger partial charge in [-0.1, -0.05) is 25.1 Å². The predicted molar refractivity (Wildman–Crippen MR) is 96.3 cm³/mol. The van der Waals surface area contributed by atoms with Gasteiger partial charge in [0.1, 0.15) is 0 Å². The molecule has 112 valence electrons. The molecule has 0 radical (unpaired) electrons.